The molecule has 0 heterocycles. The fourth-order valence-corrected chi connectivity index (χ4v) is 0.722. The van der Waals surface area contributed by atoms with Crippen LogP contribution in [0.25, 0.3) is 0 Å². The van der Waals surface area contributed by atoms with Gasteiger partial charge in [-0.1, -0.05) is 113 Å². The Hall–Kier alpha value is 0.689. The first-order valence-corrected chi connectivity index (χ1v) is 12.7. The SMILES string of the molecule is CCCC[O-].CCCC[O-].CCCC[O-].CCCC[O-].CCCC[O-].CC[O-].CC[O-].[O]=[V+2].[V+5]. The van der Waals surface area contributed by atoms with Gasteiger partial charge in [0, 0.05) is 0 Å². The molecule has 209 valence electrons. The zero-order valence-corrected chi connectivity index (χ0v) is 26.0. The molecule has 0 bridgehead atoms. The van der Waals surface area contributed by atoms with E-state index in [1.807, 2.05) is 34.6 Å². The van der Waals surface area contributed by atoms with Crippen LogP contribution in [0.4, 0.5) is 0 Å². The Bertz CT molecular complexity index is 140. The summed E-state index contributed by atoms with van der Waals surface area (Å²) < 4.78 is 8.19. The minimum absolute atomic E-state index is 0. The van der Waals surface area contributed by atoms with E-state index >= 15 is 0 Å². The van der Waals surface area contributed by atoms with E-state index < -0.39 is 0 Å². The molecule has 8 nitrogen and oxygen atoms in total. The van der Waals surface area contributed by atoms with Crippen molar-refractivity contribution >= 4 is 0 Å². The molecule has 0 aliphatic rings. The molecule has 0 radical (unpaired) electrons. The first kappa shape index (κ1) is 59.7. The smallest absolute Gasteiger partial charge is 5.00 e. The van der Waals surface area contributed by atoms with Gasteiger partial charge in [-0.25, -0.2) is 0 Å². The third kappa shape index (κ3) is 287. The van der Waals surface area contributed by atoms with Gasteiger partial charge in [-0.05, 0) is 0 Å². The zero-order valence-electron chi connectivity index (χ0n) is 23.2. The summed E-state index contributed by atoms with van der Waals surface area (Å²) in [4.78, 5) is 0. The van der Waals surface area contributed by atoms with Crippen LogP contribution in [0, 0.1) is 0 Å². The van der Waals surface area contributed by atoms with Crippen molar-refractivity contribution in [3.05, 3.63) is 0 Å². The molecule has 10 heteroatoms. The third-order valence-corrected chi connectivity index (χ3v) is 2.49. The van der Waals surface area contributed by atoms with E-state index in [0.29, 0.717) is 0 Å². The molecule has 0 N–H and O–H groups in total. The fraction of sp³-hybridized carbons (Fsp3) is 1.00. The molecule has 0 aliphatic carbocycles. The van der Waals surface area contributed by atoms with E-state index in [4.69, 9.17) is 13.9 Å². The molecule has 0 aromatic rings. The van der Waals surface area contributed by atoms with Crippen molar-refractivity contribution in [3.63, 3.8) is 0 Å². The third-order valence-electron chi connectivity index (χ3n) is 2.49. The summed E-state index contributed by atoms with van der Waals surface area (Å²) in [5.74, 6) is 0. The van der Waals surface area contributed by atoms with Crippen molar-refractivity contribution in [1.82, 2.24) is 0 Å². The molecule has 34 heavy (non-hydrogen) atoms. The van der Waals surface area contributed by atoms with Crippen molar-refractivity contribution < 1.29 is 75.3 Å². The number of unbranched alkanes of at least 4 members (excludes halogenated alkanes) is 5. The van der Waals surface area contributed by atoms with Crippen LogP contribution < -0.4 is 35.7 Å². The van der Waals surface area contributed by atoms with Crippen LogP contribution in [0.3, 0.4) is 0 Å². The Labute approximate surface area is 233 Å². The first-order chi connectivity index (χ1) is 15.9. The van der Waals surface area contributed by atoms with Gasteiger partial charge in [0.2, 0.25) is 0 Å². The summed E-state index contributed by atoms with van der Waals surface area (Å²) in [6, 6.07) is 0. The quantitative estimate of drug-likeness (QED) is 0.331. The molecule has 0 amide bonds. The molecule has 0 atom stereocenters. The molecule has 0 rings (SSSR count). The zero-order chi connectivity index (χ0) is 28.0. The van der Waals surface area contributed by atoms with Gasteiger partial charge in [-0.15, -0.1) is 46.2 Å². The van der Waals surface area contributed by atoms with Gasteiger partial charge >= 0.3 is 39.6 Å². The van der Waals surface area contributed by atoms with E-state index in [1.54, 1.807) is 13.8 Å². The van der Waals surface area contributed by atoms with Gasteiger partial charge in [0.05, 0.1) is 0 Å². The van der Waals surface area contributed by atoms with Gasteiger partial charge in [-0.3, -0.25) is 0 Å². The standard InChI is InChI=1S/5C4H9O.2C2H5O.O.2V/c5*1-2-3-4-5;2*1-2-3;;;/h5*2-4H2,1H3;2*2H2,1H3;;;/q7*-1;;+2;+5. The summed E-state index contributed by atoms with van der Waals surface area (Å²) >= 11 is 1.06. The van der Waals surface area contributed by atoms with E-state index in [1.165, 1.54) is 0 Å². The molecule has 0 aromatic heterocycles. The fourth-order valence-electron chi connectivity index (χ4n) is 0.722. The van der Waals surface area contributed by atoms with Crippen LogP contribution in [0.2, 0.25) is 0 Å². The summed E-state index contributed by atoms with van der Waals surface area (Å²) in [5.41, 5.74) is 0. The van der Waals surface area contributed by atoms with Crippen molar-refractivity contribution in [2.24, 2.45) is 0 Å². The van der Waals surface area contributed by atoms with Gasteiger partial charge in [0.1, 0.15) is 0 Å². The van der Waals surface area contributed by atoms with E-state index in [9.17, 15) is 25.5 Å². The molecule has 0 aliphatic heterocycles. The maximum absolute atomic E-state index is 9.53. The maximum Gasteiger partial charge on any atom is 5.00 e. The average Bonchev–Trinajstić information content (AvgIpc) is 2.81. The van der Waals surface area contributed by atoms with Crippen molar-refractivity contribution in [2.75, 3.05) is 46.2 Å². The van der Waals surface area contributed by atoms with Crippen LogP contribution >= 0.6 is 0 Å². The van der Waals surface area contributed by atoms with E-state index in [-0.39, 0.29) is 64.8 Å². The number of hydrogen-bond acceptors (Lipinski definition) is 8. The largest absolute Gasteiger partial charge is 5.00 e. The van der Waals surface area contributed by atoms with Crippen LogP contribution in [0.1, 0.15) is 113 Å². The molecular weight excluding hydrogens is 518 g/mol. The van der Waals surface area contributed by atoms with Gasteiger partial charge in [-0.2, -0.15) is 0 Å². The average molecular weight is 574 g/mol. The second kappa shape index (κ2) is 115. The Kier molecular flexibility index (Phi) is 202. The van der Waals surface area contributed by atoms with Crippen LogP contribution in [-0.2, 0) is 39.6 Å². The van der Waals surface area contributed by atoms with Crippen molar-refractivity contribution in [2.45, 2.75) is 113 Å². The van der Waals surface area contributed by atoms with Gasteiger partial charge in [0.15, 0.2) is 0 Å². The van der Waals surface area contributed by atoms with Crippen molar-refractivity contribution in [1.29, 1.82) is 0 Å². The molecule has 0 unspecified atom stereocenters. The number of rotatable bonds is 10. The normalized spacial score (nSPS) is 7.41. The maximum atomic E-state index is 9.53. The predicted molar refractivity (Wildman–Crippen MR) is 121 cm³/mol. The van der Waals surface area contributed by atoms with E-state index in [2.05, 4.69) is 0 Å². The Morgan fingerprint density at radius 2 is 0.471 bits per heavy atom. The van der Waals surface area contributed by atoms with Crippen LogP contribution in [-0.4, -0.2) is 46.2 Å². The second-order valence-corrected chi connectivity index (χ2v) is 5.87. The summed E-state index contributed by atoms with van der Waals surface area (Å²) in [6.45, 7) is 13.7. The topological polar surface area (TPSA) is 178 Å². The summed E-state index contributed by atoms with van der Waals surface area (Å²) in [7, 11) is 0. The first-order valence-electron chi connectivity index (χ1n) is 12.2. The van der Waals surface area contributed by atoms with Gasteiger partial charge < -0.3 is 35.7 Å². The van der Waals surface area contributed by atoms with Crippen LogP contribution in [0.5, 0.6) is 0 Å². The van der Waals surface area contributed by atoms with Crippen LogP contribution in [0.15, 0.2) is 0 Å². The molecule has 0 spiro atoms. The van der Waals surface area contributed by atoms with Gasteiger partial charge in [0.25, 0.3) is 0 Å². The number of hydrogen-bond donors (Lipinski definition) is 0. The Morgan fingerprint density at radius 1 is 0.382 bits per heavy atom. The Balaban J connectivity index is -0.0000000304. The molecular formula is C24H55O8V2. The molecule has 0 aromatic carbocycles. The minimum atomic E-state index is 0. The summed E-state index contributed by atoms with van der Waals surface area (Å²) in [6.07, 6.45) is 9.32. The monoisotopic (exact) mass is 573 g/mol. The predicted octanol–water partition coefficient (Wildman–Crippen LogP) is -0.657. The molecule has 0 saturated carbocycles. The van der Waals surface area contributed by atoms with E-state index in [0.717, 1.165) is 81.6 Å². The minimum Gasteiger partial charge on any atom is 5.00 e. The molecule has 0 fully saturated rings. The Morgan fingerprint density at radius 3 is 0.471 bits per heavy atom. The second-order valence-electron chi connectivity index (χ2n) is 5.87. The summed E-state index contributed by atoms with van der Waals surface area (Å²) in [5, 5.41) is 65.5. The molecule has 0 saturated heterocycles. The van der Waals surface area contributed by atoms with Crippen molar-refractivity contribution in [3.8, 4) is 0 Å².